The number of hydrogen-bond acceptors (Lipinski definition) is 5. The van der Waals surface area contributed by atoms with Crippen LogP contribution in [-0.2, 0) is 6.54 Å². The van der Waals surface area contributed by atoms with Crippen molar-refractivity contribution in [2.24, 2.45) is 0 Å². The van der Waals surface area contributed by atoms with E-state index >= 15 is 4.39 Å². The third-order valence-electron chi connectivity index (χ3n) is 6.73. The molecule has 9 heteroatoms. The number of nitrogens with one attached hydrogen (secondary N) is 2. The molecule has 0 aliphatic heterocycles. The van der Waals surface area contributed by atoms with Crippen LogP contribution in [0.5, 0.6) is 0 Å². The Balaban J connectivity index is 1.46. The molecule has 1 aliphatic carbocycles. The number of fused-ring (bicyclic) bond motifs is 1. The van der Waals surface area contributed by atoms with E-state index in [1.165, 1.54) is 10.7 Å². The SMILES string of the molecule is Cc1ccc(C)c(C(=O)NCc2ccc(-n3nc(C4CCCC4)c4c(=O)[nH]nc(N)c43)c(F)c2)c1. The van der Waals surface area contributed by atoms with E-state index in [1.807, 2.05) is 32.0 Å². The minimum atomic E-state index is -0.537. The Morgan fingerprint density at radius 3 is 2.71 bits per heavy atom. The van der Waals surface area contributed by atoms with Gasteiger partial charge in [-0.3, -0.25) is 9.59 Å². The Kier molecular flexibility index (Phi) is 5.84. The Bertz CT molecular complexity index is 1500. The molecular weight excluding hydrogens is 447 g/mol. The number of hydrogen-bond donors (Lipinski definition) is 3. The molecule has 0 saturated heterocycles. The lowest BCUT2D eigenvalue weighted by Crippen LogP contribution is -2.23. The number of nitrogens with zero attached hydrogens (tertiary/aromatic N) is 3. The molecular formula is C26H27FN6O2. The highest BCUT2D eigenvalue weighted by molar-refractivity contribution is 5.95. The van der Waals surface area contributed by atoms with Crippen molar-refractivity contribution in [3.63, 3.8) is 0 Å². The molecule has 1 fully saturated rings. The molecule has 1 aliphatic rings. The van der Waals surface area contributed by atoms with Crippen molar-refractivity contribution in [2.45, 2.75) is 52.0 Å². The molecule has 4 aromatic rings. The highest BCUT2D eigenvalue weighted by Gasteiger charge is 2.27. The molecule has 0 bridgehead atoms. The fourth-order valence-electron chi connectivity index (χ4n) is 4.86. The molecule has 1 amide bonds. The number of anilines is 1. The summed E-state index contributed by atoms with van der Waals surface area (Å²) in [6, 6.07) is 10.4. The fourth-order valence-corrected chi connectivity index (χ4v) is 4.86. The molecule has 2 heterocycles. The maximum atomic E-state index is 15.3. The first-order valence-corrected chi connectivity index (χ1v) is 11.7. The zero-order chi connectivity index (χ0) is 24.7. The summed E-state index contributed by atoms with van der Waals surface area (Å²) < 4.78 is 16.7. The average Bonchev–Trinajstić information content (AvgIpc) is 3.50. The Labute approximate surface area is 201 Å². The van der Waals surface area contributed by atoms with E-state index in [9.17, 15) is 9.59 Å². The second kappa shape index (κ2) is 8.98. The van der Waals surface area contributed by atoms with Crippen LogP contribution in [0.1, 0.15) is 64.3 Å². The Hall–Kier alpha value is -4.01. The molecule has 2 aromatic carbocycles. The number of benzene rings is 2. The first-order chi connectivity index (χ1) is 16.8. The zero-order valence-corrected chi connectivity index (χ0v) is 19.7. The van der Waals surface area contributed by atoms with E-state index in [2.05, 4.69) is 20.6 Å². The zero-order valence-electron chi connectivity index (χ0n) is 19.7. The summed E-state index contributed by atoms with van der Waals surface area (Å²) in [5.41, 5.74) is 9.90. The van der Waals surface area contributed by atoms with Crippen molar-refractivity contribution >= 4 is 22.6 Å². The number of aromatic nitrogens is 4. The molecule has 35 heavy (non-hydrogen) atoms. The van der Waals surface area contributed by atoms with Crippen molar-refractivity contribution in [2.75, 3.05) is 5.73 Å². The highest BCUT2D eigenvalue weighted by Crippen LogP contribution is 2.37. The maximum absolute atomic E-state index is 15.3. The van der Waals surface area contributed by atoms with Gasteiger partial charge in [0.2, 0.25) is 0 Å². The van der Waals surface area contributed by atoms with Gasteiger partial charge >= 0.3 is 0 Å². The van der Waals surface area contributed by atoms with Crippen molar-refractivity contribution in [3.05, 3.63) is 80.5 Å². The number of aromatic amines is 1. The van der Waals surface area contributed by atoms with Crippen LogP contribution in [0, 0.1) is 19.7 Å². The molecule has 0 unspecified atom stereocenters. The third kappa shape index (κ3) is 4.18. The van der Waals surface area contributed by atoms with Gasteiger partial charge in [-0.1, -0.05) is 36.6 Å². The van der Waals surface area contributed by atoms with Gasteiger partial charge in [0.15, 0.2) is 5.82 Å². The lowest BCUT2D eigenvalue weighted by Gasteiger charge is -2.11. The lowest BCUT2D eigenvalue weighted by molar-refractivity contribution is 0.0950. The van der Waals surface area contributed by atoms with Crippen LogP contribution in [0.25, 0.3) is 16.6 Å². The quantitative estimate of drug-likeness (QED) is 0.403. The van der Waals surface area contributed by atoms with E-state index < -0.39 is 5.82 Å². The molecule has 0 spiro atoms. The number of amides is 1. The van der Waals surface area contributed by atoms with Crippen LogP contribution in [0.15, 0.2) is 41.2 Å². The van der Waals surface area contributed by atoms with Crippen LogP contribution < -0.4 is 16.6 Å². The van der Waals surface area contributed by atoms with E-state index in [-0.39, 0.29) is 35.4 Å². The van der Waals surface area contributed by atoms with Gasteiger partial charge in [-0.25, -0.2) is 14.2 Å². The first-order valence-electron chi connectivity index (χ1n) is 11.7. The fraction of sp³-hybridized carbons (Fsp3) is 0.308. The monoisotopic (exact) mass is 474 g/mol. The number of carbonyl (C=O) groups excluding carboxylic acids is 1. The van der Waals surface area contributed by atoms with Gasteiger partial charge in [-0.2, -0.15) is 10.2 Å². The molecule has 0 atom stereocenters. The van der Waals surface area contributed by atoms with Gasteiger partial charge in [0.05, 0.1) is 11.1 Å². The van der Waals surface area contributed by atoms with Crippen molar-refractivity contribution in [1.82, 2.24) is 25.3 Å². The van der Waals surface area contributed by atoms with Crippen molar-refractivity contribution in [3.8, 4) is 5.69 Å². The summed E-state index contributed by atoms with van der Waals surface area (Å²) in [6.45, 7) is 3.97. The number of nitrogen functional groups attached to an aromatic ring is 1. The van der Waals surface area contributed by atoms with Gasteiger partial charge in [0.1, 0.15) is 17.0 Å². The van der Waals surface area contributed by atoms with Gasteiger partial charge in [-0.15, -0.1) is 0 Å². The predicted octanol–water partition coefficient (Wildman–Crippen LogP) is 4.03. The van der Waals surface area contributed by atoms with Gasteiger partial charge in [-0.05, 0) is 56.0 Å². The topological polar surface area (TPSA) is 119 Å². The second-order valence-electron chi connectivity index (χ2n) is 9.23. The summed E-state index contributed by atoms with van der Waals surface area (Å²) in [7, 11) is 0. The van der Waals surface area contributed by atoms with Crippen LogP contribution in [-0.4, -0.2) is 25.9 Å². The number of halogens is 1. The predicted molar refractivity (Wildman–Crippen MR) is 132 cm³/mol. The molecule has 5 rings (SSSR count). The molecule has 8 nitrogen and oxygen atoms in total. The van der Waals surface area contributed by atoms with Gasteiger partial charge < -0.3 is 11.1 Å². The molecule has 2 aromatic heterocycles. The van der Waals surface area contributed by atoms with E-state index in [1.54, 1.807) is 12.1 Å². The van der Waals surface area contributed by atoms with Crippen LogP contribution in [0.4, 0.5) is 10.2 Å². The van der Waals surface area contributed by atoms with E-state index in [4.69, 9.17) is 5.73 Å². The maximum Gasteiger partial charge on any atom is 0.275 e. The minimum Gasteiger partial charge on any atom is -0.380 e. The Morgan fingerprint density at radius 1 is 1.20 bits per heavy atom. The van der Waals surface area contributed by atoms with Gasteiger partial charge in [0.25, 0.3) is 11.5 Å². The number of nitrogens with two attached hydrogens (primary N) is 1. The van der Waals surface area contributed by atoms with E-state index in [0.717, 1.165) is 36.8 Å². The standard InChI is InChI=1S/C26H27FN6O2/c1-14-7-8-15(2)18(11-14)25(34)29-13-16-9-10-20(19(27)12-16)33-23-21(26(35)31-30-24(23)28)22(32-33)17-5-3-4-6-17/h7-12,17H,3-6,13H2,1-2H3,(H2,28,30)(H,29,34)(H,31,35). The van der Waals surface area contributed by atoms with Gasteiger partial charge in [0, 0.05) is 18.0 Å². The van der Waals surface area contributed by atoms with Crippen molar-refractivity contribution in [1.29, 1.82) is 0 Å². The molecule has 180 valence electrons. The summed E-state index contributed by atoms with van der Waals surface area (Å²) in [4.78, 5) is 25.3. The smallest absolute Gasteiger partial charge is 0.275 e. The third-order valence-corrected chi connectivity index (χ3v) is 6.73. The Morgan fingerprint density at radius 2 is 1.97 bits per heavy atom. The first kappa shape index (κ1) is 22.8. The minimum absolute atomic E-state index is 0.0839. The van der Waals surface area contributed by atoms with Crippen LogP contribution in [0.3, 0.4) is 0 Å². The summed E-state index contributed by atoms with van der Waals surface area (Å²) in [6.07, 6.45) is 3.98. The summed E-state index contributed by atoms with van der Waals surface area (Å²) >= 11 is 0. The molecule has 4 N–H and O–H groups in total. The number of H-pyrrole nitrogens is 1. The van der Waals surface area contributed by atoms with Crippen molar-refractivity contribution < 1.29 is 9.18 Å². The molecule has 1 saturated carbocycles. The number of aryl methyl sites for hydroxylation is 2. The second-order valence-corrected chi connectivity index (χ2v) is 9.23. The summed E-state index contributed by atoms with van der Waals surface area (Å²) in [5.74, 6) is -0.538. The lowest BCUT2D eigenvalue weighted by atomic mass is 10.0. The number of carbonyl (C=O) groups is 1. The summed E-state index contributed by atoms with van der Waals surface area (Å²) in [5, 5.41) is 14.2. The number of rotatable bonds is 5. The largest absolute Gasteiger partial charge is 0.380 e. The highest BCUT2D eigenvalue weighted by atomic mass is 19.1. The normalized spacial score (nSPS) is 14.0. The van der Waals surface area contributed by atoms with E-state index in [0.29, 0.717) is 27.7 Å². The van der Waals surface area contributed by atoms with Crippen LogP contribution in [0.2, 0.25) is 0 Å². The average molecular weight is 475 g/mol. The molecule has 0 radical (unpaired) electrons. The van der Waals surface area contributed by atoms with Crippen LogP contribution >= 0.6 is 0 Å².